The molecule has 2 rings (SSSR count). The van der Waals surface area contributed by atoms with Crippen LogP contribution in [-0.4, -0.2) is 24.0 Å². The fraction of sp³-hybridized carbons (Fsp3) is 0.571. The van der Waals surface area contributed by atoms with Crippen LogP contribution in [0.1, 0.15) is 38.2 Å². The minimum atomic E-state index is 0.566. The van der Waals surface area contributed by atoms with Crippen molar-refractivity contribution in [1.82, 2.24) is 4.90 Å². The average Bonchev–Trinajstić information content (AvgIpc) is 2.33. The molecule has 0 atom stereocenters. The van der Waals surface area contributed by atoms with Gasteiger partial charge in [-0.1, -0.05) is 35.3 Å². The summed E-state index contributed by atoms with van der Waals surface area (Å²) >= 11 is 12.3. The van der Waals surface area contributed by atoms with Crippen LogP contribution < -0.4 is 0 Å². The Morgan fingerprint density at radius 2 is 1.82 bits per heavy atom. The van der Waals surface area contributed by atoms with E-state index in [2.05, 4.69) is 24.8 Å². The Hall–Kier alpha value is -0.240. The zero-order valence-electron chi connectivity index (χ0n) is 10.4. The standard InChI is InChI=1S/C14H19Cl2N/c1-10(2)17-8-6-11(7-9-17)12-4-3-5-13(15)14(12)16/h3-5,10-11H,6-9H2,1-2H3. The number of rotatable bonds is 2. The van der Waals surface area contributed by atoms with Crippen LogP contribution in [0.2, 0.25) is 10.0 Å². The van der Waals surface area contributed by atoms with Gasteiger partial charge in [0.1, 0.15) is 0 Å². The molecule has 1 aromatic rings. The van der Waals surface area contributed by atoms with Gasteiger partial charge in [-0.25, -0.2) is 0 Å². The maximum atomic E-state index is 6.28. The van der Waals surface area contributed by atoms with Crippen LogP contribution in [0.15, 0.2) is 18.2 Å². The molecule has 94 valence electrons. The summed E-state index contributed by atoms with van der Waals surface area (Å²) in [6.45, 7) is 6.83. The number of hydrogen-bond acceptors (Lipinski definition) is 1. The normalized spacial score (nSPS) is 18.9. The largest absolute Gasteiger partial charge is 0.301 e. The van der Waals surface area contributed by atoms with Crippen molar-refractivity contribution in [2.24, 2.45) is 0 Å². The van der Waals surface area contributed by atoms with Crippen molar-refractivity contribution in [2.75, 3.05) is 13.1 Å². The summed E-state index contributed by atoms with van der Waals surface area (Å²) in [5.41, 5.74) is 1.22. The van der Waals surface area contributed by atoms with E-state index in [1.807, 2.05) is 12.1 Å². The molecular weight excluding hydrogens is 253 g/mol. The minimum Gasteiger partial charge on any atom is -0.301 e. The molecule has 1 heterocycles. The topological polar surface area (TPSA) is 3.24 Å². The van der Waals surface area contributed by atoms with Crippen LogP contribution in [0.5, 0.6) is 0 Å². The predicted octanol–water partition coefficient (Wildman–Crippen LogP) is 4.58. The van der Waals surface area contributed by atoms with Crippen molar-refractivity contribution in [3.8, 4) is 0 Å². The summed E-state index contributed by atoms with van der Waals surface area (Å²) in [5, 5.41) is 1.42. The van der Waals surface area contributed by atoms with Gasteiger partial charge < -0.3 is 4.90 Å². The second-order valence-electron chi connectivity index (χ2n) is 5.05. The molecule has 1 nitrogen and oxygen atoms in total. The summed E-state index contributed by atoms with van der Waals surface area (Å²) in [6.07, 6.45) is 2.36. The van der Waals surface area contributed by atoms with Crippen LogP contribution in [0.3, 0.4) is 0 Å². The molecule has 0 N–H and O–H groups in total. The van der Waals surface area contributed by atoms with Crippen LogP contribution in [-0.2, 0) is 0 Å². The van der Waals surface area contributed by atoms with E-state index < -0.39 is 0 Å². The van der Waals surface area contributed by atoms with Gasteiger partial charge in [-0.15, -0.1) is 0 Å². The average molecular weight is 272 g/mol. The van der Waals surface area contributed by atoms with Gasteiger partial charge in [-0.3, -0.25) is 0 Å². The third kappa shape index (κ3) is 2.96. The lowest BCUT2D eigenvalue weighted by molar-refractivity contribution is 0.172. The maximum absolute atomic E-state index is 6.28. The molecule has 0 spiro atoms. The van der Waals surface area contributed by atoms with E-state index >= 15 is 0 Å². The summed E-state index contributed by atoms with van der Waals surface area (Å²) in [4.78, 5) is 2.52. The molecule has 0 aromatic heterocycles. The fourth-order valence-electron chi connectivity index (χ4n) is 2.56. The Labute approximate surface area is 114 Å². The molecule has 0 bridgehead atoms. The number of piperidine rings is 1. The number of benzene rings is 1. The van der Waals surface area contributed by atoms with Gasteiger partial charge in [-0.2, -0.15) is 0 Å². The maximum Gasteiger partial charge on any atom is 0.0627 e. The highest BCUT2D eigenvalue weighted by molar-refractivity contribution is 6.42. The Balaban J connectivity index is 2.08. The summed E-state index contributed by atoms with van der Waals surface area (Å²) < 4.78 is 0. The first kappa shape index (κ1) is 13.2. The monoisotopic (exact) mass is 271 g/mol. The zero-order valence-corrected chi connectivity index (χ0v) is 11.9. The van der Waals surface area contributed by atoms with Gasteiger partial charge in [-0.05, 0) is 57.3 Å². The van der Waals surface area contributed by atoms with Crippen molar-refractivity contribution in [3.05, 3.63) is 33.8 Å². The Morgan fingerprint density at radius 1 is 1.18 bits per heavy atom. The smallest absolute Gasteiger partial charge is 0.0627 e. The third-order valence-corrected chi connectivity index (χ3v) is 4.51. The van der Waals surface area contributed by atoms with Crippen LogP contribution in [0, 0.1) is 0 Å². The van der Waals surface area contributed by atoms with Gasteiger partial charge >= 0.3 is 0 Å². The van der Waals surface area contributed by atoms with Crippen molar-refractivity contribution < 1.29 is 0 Å². The van der Waals surface area contributed by atoms with Crippen LogP contribution in [0.4, 0.5) is 0 Å². The van der Waals surface area contributed by atoms with Gasteiger partial charge in [0.25, 0.3) is 0 Å². The first-order chi connectivity index (χ1) is 8.09. The first-order valence-corrected chi connectivity index (χ1v) is 7.03. The molecule has 0 amide bonds. The van der Waals surface area contributed by atoms with Gasteiger partial charge in [0.05, 0.1) is 10.0 Å². The summed E-state index contributed by atoms with van der Waals surface area (Å²) in [7, 11) is 0. The minimum absolute atomic E-state index is 0.566. The van der Waals surface area contributed by atoms with Crippen molar-refractivity contribution in [2.45, 2.75) is 38.6 Å². The van der Waals surface area contributed by atoms with Gasteiger partial charge in [0.2, 0.25) is 0 Å². The molecule has 1 fully saturated rings. The highest BCUT2D eigenvalue weighted by Crippen LogP contribution is 2.36. The van der Waals surface area contributed by atoms with E-state index in [1.165, 1.54) is 18.4 Å². The molecule has 0 aliphatic carbocycles. The van der Waals surface area contributed by atoms with Gasteiger partial charge in [0.15, 0.2) is 0 Å². The quantitative estimate of drug-likeness (QED) is 0.761. The van der Waals surface area contributed by atoms with Crippen LogP contribution in [0.25, 0.3) is 0 Å². The van der Waals surface area contributed by atoms with E-state index in [9.17, 15) is 0 Å². The lowest BCUT2D eigenvalue weighted by Gasteiger charge is -2.35. The predicted molar refractivity (Wildman–Crippen MR) is 75.1 cm³/mol. The SMILES string of the molecule is CC(C)N1CCC(c2cccc(Cl)c2Cl)CC1. The molecule has 3 heteroatoms. The highest BCUT2D eigenvalue weighted by Gasteiger charge is 2.23. The molecule has 1 saturated heterocycles. The van der Waals surface area contributed by atoms with Crippen molar-refractivity contribution in [1.29, 1.82) is 0 Å². The van der Waals surface area contributed by atoms with Gasteiger partial charge in [0, 0.05) is 6.04 Å². The second-order valence-corrected chi connectivity index (χ2v) is 5.83. The Kier molecular flexibility index (Phi) is 4.35. The van der Waals surface area contributed by atoms with E-state index in [1.54, 1.807) is 0 Å². The molecule has 1 aromatic carbocycles. The number of hydrogen-bond donors (Lipinski definition) is 0. The number of nitrogens with zero attached hydrogens (tertiary/aromatic N) is 1. The molecular formula is C14H19Cl2N. The fourth-order valence-corrected chi connectivity index (χ4v) is 3.02. The zero-order chi connectivity index (χ0) is 12.4. The number of likely N-dealkylation sites (tertiary alicyclic amines) is 1. The lowest BCUT2D eigenvalue weighted by atomic mass is 9.89. The summed E-state index contributed by atoms with van der Waals surface area (Å²) in [6, 6.07) is 6.62. The Bertz CT molecular complexity index is 382. The molecule has 17 heavy (non-hydrogen) atoms. The number of halogens is 2. The third-order valence-electron chi connectivity index (χ3n) is 3.68. The highest BCUT2D eigenvalue weighted by atomic mass is 35.5. The van der Waals surface area contributed by atoms with Crippen molar-refractivity contribution >= 4 is 23.2 Å². The van der Waals surface area contributed by atoms with E-state index in [0.29, 0.717) is 17.0 Å². The van der Waals surface area contributed by atoms with E-state index in [0.717, 1.165) is 18.1 Å². The molecule has 1 aliphatic heterocycles. The second kappa shape index (κ2) is 5.60. The Morgan fingerprint density at radius 3 is 2.41 bits per heavy atom. The molecule has 0 radical (unpaired) electrons. The summed E-state index contributed by atoms with van der Waals surface area (Å²) in [5.74, 6) is 0.566. The lowest BCUT2D eigenvalue weighted by Crippen LogP contribution is -2.37. The molecule has 0 unspecified atom stereocenters. The molecule has 1 aliphatic rings. The van der Waals surface area contributed by atoms with Crippen LogP contribution >= 0.6 is 23.2 Å². The molecule has 0 saturated carbocycles. The van der Waals surface area contributed by atoms with Crippen molar-refractivity contribution in [3.63, 3.8) is 0 Å². The van der Waals surface area contributed by atoms with E-state index in [-0.39, 0.29) is 0 Å². The first-order valence-electron chi connectivity index (χ1n) is 6.27. The van der Waals surface area contributed by atoms with E-state index in [4.69, 9.17) is 23.2 Å².